The van der Waals surface area contributed by atoms with E-state index in [2.05, 4.69) is 9.97 Å². The number of ether oxygens (including phenoxy) is 1. The Labute approximate surface area is 99.5 Å². The van der Waals surface area contributed by atoms with E-state index in [1.54, 1.807) is 24.5 Å². The highest BCUT2D eigenvalue weighted by Crippen LogP contribution is 2.13. The summed E-state index contributed by atoms with van der Waals surface area (Å²) < 4.78 is 5.51. The molecule has 0 aliphatic heterocycles. The Bertz CT molecular complexity index is 520. The average Bonchev–Trinajstić information content (AvgIpc) is 2.40. The molecule has 0 saturated heterocycles. The van der Waals surface area contributed by atoms with Gasteiger partial charge >= 0.3 is 0 Å². The summed E-state index contributed by atoms with van der Waals surface area (Å²) in [6.07, 6.45) is 4.03. The van der Waals surface area contributed by atoms with E-state index >= 15 is 0 Å². The minimum atomic E-state index is 0.313. The van der Waals surface area contributed by atoms with Crippen LogP contribution >= 0.6 is 0 Å². The van der Waals surface area contributed by atoms with Crippen LogP contribution in [0.25, 0.3) is 0 Å². The zero-order valence-corrected chi connectivity index (χ0v) is 9.21. The van der Waals surface area contributed by atoms with Crippen molar-refractivity contribution in [3.8, 4) is 11.8 Å². The van der Waals surface area contributed by atoms with Gasteiger partial charge in [-0.2, -0.15) is 5.26 Å². The summed E-state index contributed by atoms with van der Waals surface area (Å²) >= 11 is 0. The Hall–Kier alpha value is -2.41. The topological polar surface area (TPSA) is 58.8 Å². The highest BCUT2D eigenvalue weighted by atomic mass is 16.5. The lowest BCUT2D eigenvalue weighted by Gasteiger charge is -2.06. The molecule has 0 spiro atoms. The molecule has 0 bridgehead atoms. The second-order valence-corrected chi connectivity index (χ2v) is 3.38. The molecule has 0 atom stereocenters. The molecule has 2 aromatic rings. The molecule has 84 valence electrons. The van der Waals surface area contributed by atoms with E-state index in [1.165, 1.54) is 0 Å². The van der Waals surface area contributed by atoms with Crippen molar-refractivity contribution in [1.82, 2.24) is 9.97 Å². The highest BCUT2D eigenvalue weighted by molar-refractivity contribution is 5.36. The van der Waals surface area contributed by atoms with Gasteiger partial charge in [0.2, 0.25) is 0 Å². The first kappa shape index (κ1) is 11.1. The van der Waals surface area contributed by atoms with Crippen molar-refractivity contribution in [2.75, 3.05) is 6.61 Å². The second-order valence-electron chi connectivity index (χ2n) is 3.38. The van der Waals surface area contributed by atoms with Crippen LogP contribution in [0.3, 0.4) is 0 Å². The SMILES string of the molecule is N#Cc1ncccc1OCCc1ccccn1. The van der Waals surface area contributed by atoms with Crippen molar-refractivity contribution in [3.63, 3.8) is 0 Å². The van der Waals surface area contributed by atoms with Gasteiger partial charge in [-0.25, -0.2) is 4.98 Å². The molecule has 0 aromatic carbocycles. The molecule has 0 aliphatic carbocycles. The first-order valence-corrected chi connectivity index (χ1v) is 5.28. The third-order valence-corrected chi connectivity index (χ3v) is 2.22. The number of nitriles is 1. The maximum absolute atomic E-state index is 8.83. The third kappa shape index (κ3) is 3.02. The second kappa shape index (κ2) is 5.61. The zero-order chi connectivity index (χ0) is 11.9. The fraction of sp³-hybridized carbons (Fsp3) is 0.154. The molecule has 0 saturated carbocycles. The van der Waals surface area contributed by atoms with Crippen molar-refractivity contribution >= 4 is 0 Å². The lowest BCUT2D eigenvalue weighted by molar-refractivity contribution is 0.318. The summed E-state index contributed by atoms with van der Waals surface area (Å²) in [5.74, 6) is 0.519. The Morgan fingerprint density at radius 2 is 2.00 bits per heavy atom. The van der Waals surface area contributed by atoms with Gasteiger partial charge in [-0.15, -0.1) is 0 Å². The molecule has 0 fully saturated rings. The molecular formula is C13H11N3O. The van der Waals surface area contributed by atoms with Crippen LogP contribution < -0.4 is 4.74 Å². The van der Waals surface area contributed by atoms with E-state index in [0.717, 1.165) is 5.69 Å². The number of rotatable bonds is 4. The van der Waals surface area contributed by atoms with Crippen LogP contribution in [-0.4, -0.2) is 16.6 Å². The predicted octanol–water partition coefficient (Wildman–Crippen LogP) is 1.97. The highest BCUT2D eigenvalue weighted by Gasteiger charge is 2.03. The van der Waals surface area contributed by atoms with E-state index < -0.39 is 0 Å². The molecule has 2 rings (SSSR count). The molecule has 2 heterocycles. The number of hydrogen-bond donors (Lipinski definition) is 0. The van der Waals surface area contributed by atoms with Gasteiger partial charge in [-0.3, -0.25) is 4.98 Å². The maximum atomic E-state index is 8.83. The molecule has 17 heavy (non-hydrogen) atoms. The number of aromatic nitrogens is 2. The molecule has 0 aliphatic rings. The zero-order valence-electron chi connectivity index (χ0n) is 9.21. The van der Waals surface area contributed by atoms with E-state index in [9.17, 15) is 0 Å². The molecule has 2 aromatic heterocycles. The summed E-state index contributed by atoms with van der Waals surface area (Å²) in [7, 11) is 0. The monoisotopic (exact) mass is 225 g/mol. The Kier molecular flexibility index (Phi) is 3.66. The largest absolute Gasteiger partial charge is 0.490 e. The standard InChI is InChI=1S/C13H11N3O/c14-10-12-13(5-3-8-16-12)17-9-6-11-4-1-2-7-15-11/h1-5,7-8H,6,9H2. The van der Waals surface area contributed by atoms with Gasteiger partial charge in [0.1, 0.15) is 6.07 Å². The van der Waals surface area contributed by atoms with Crippen LogP contribution in [0.5, 0.6) is 5.75 Å². The summed E-state index contributed by atoms with van der Waals surface area (Å²) in [4.78, 5) is 8.11. The molecule has 0 N–H and O–H groups in total. The van der Waals surface area contributed by atoms with Crippen LogP contribution in [0.1, 0.15) is 11.4 Å². The van der Waals surface area contributed by atoms with Crippen molar-refractivity contribution in [1.29, 1.82) is 5.26 Å². The van der Waals surface area contributed by atoms with Crippen molar-refractivity contribution in [2.45, 2.75) is 6.42 Å². The Morgan fingerprint density at radius 3 is 2.76 bits per heavy atom. The number of pyridine rings is 2. The minimum absolute atomic E-state index is 0.313. The van der Waals surface area contributed by atoms with Crippen molar-refractivity contribution < 1.29 is 4.74 Å². The lowest BCUT2D eigenvalue weighted by Crippen LogP contribution is -2.04. The van der Waals surface area contributed by atoms with Crippen LogP contribution in [0.4, 0.5) is 0 Å². The molecule has 0 amide bonds. The number of hydrogen-bond acceptors (Lipinski definition) is 4. The van der Waals surface area contributed by atoms with Crippen molar-refractivity contribution in [2.24, 2.45) is 0 Å². The minimum Gasteiger partial charge on any atom is -0.490 e. The van der Waals surface area contributed by atoms with Crippen LogP contribution in [0.2, 0.25) is 0 Å². The van der Waals surface area contributed by atoms with Gasteiger partial charge in [-0.05, 0) is 24.3 Å². The summed E-state index contributed by atoms with van der Waals surface area (Å²) in [5, 5.41) is 8.83. The van der Waals surface area contributed by atoms with Gasteiger partial charge < -0.3 is 4.74 Å². The van der Waals surface area contributed by atoms with E-state index in [4.69, 9.17) is 10.00 Å². The number of nitrogens with zero attached hydrogens (tertiary/aromatic N) is 3. The summed E-state index contributed by atoms with van der Waals surface area (Å²) in [5.41, 5.74) is 1.28. The van der Waals surface area contributed by atoms with Gasteiger partial charge in [-0.1, -0.05) is 6.07 Å². The fourth-order valence-corrected chi connectivity index (χ4v) is 1.40. The summed E-state index contributed by atoms with van der Waals surface area (Å²) in [6.45, 7) is 0.484. The smallest absolute Gasteiger partial charge is 0.182 e. The van der Waals surface area contributed by atoms with E-state index in [0.29, 0.717) is 24.5 Å². The van der Waals surface area contributed by atoms with E-state index in [1.807, 2.05) is 24.3 Å². The first-order valence-electron chi connectivity index (χ1n) is 5.28. The average molecular weight is 225 g/mol. The van der Waals surface area contributed by atoms with Crippen LogP contribution in [0, 0.1) is 11.3 Å². The van der Waals surface area contributed by atoms with Gasteiger partial charge in [0.25, 0.3) is 0 Å². The maximum Gasteiger partial charge on any atom is 0.182 e. The normalized spacial score (nSPS) is 9.59. The predicted molar refractivity (Wildman–Crippen MR) is 62.4 cm³/mol. The molecular weight excluding hydrogens is 214 g/mol. The van der Waals surface area contributed by atoms with Gasteiger partial charge in [0, 0.05) is 24.5 Å². The fourth-order valence-electron chi connectivity index (χ4n) is 1.40. The van der Waals surface area contributed by atoms with Gasteiger partial charge in [0.05, 0.1) is 6.61 Å². The molecule has 4 nitrogen and oxygen atoms in total. The molecule has 0 radical (unpaired) electrons. The van der Waals surface area contributed by atoms with Crippen LogP contribution in [0.15, 0.2) is 42.7 Å². The first-order chi connectivity index (χ1) is 8.40. The Morgan fingerprint density at radius 1 is 1.12 bits per heavy atom. The lowest BCUT2D eigenvalue weighted by atomic mass is 10.3. The van der Waals surface area contributed by atoms with E-state index in [-0.39, 0.29) is 0 Å². The van der Waals surface area contributed by atoms with Crippen LogP contribution in [-0.2, 0) is 6.42 Å². The third-order valence-electron chi connectivity index (χ3n) is 2.22. The molecule has 0 unspecified atom stereocenters. The summed E-state index contributed by atoms with van der Waals surface area (Å²) in [6, 6.07) is 11.2. The van der Waals surface area contributed by atoms with Crippen molar-refractivity contribution in [3.05, 3.63) is 54.1 Å². The quantitative estimate of drug-likeness (QED) is 0.798. The Balaban J connectivity index is 1.93. The van der Waals surface area contributed by atoms with Gasteiger partial charge in [0.15, 0.2) is 11.4 Å². The molecule has 4 heteroatoms.